The number of carbonyl (C=O) groups excluding carboxylic acids is 6. The van der Waals surface area contributed by atoms with Crippen molar-refractivity contribution in [3.63, 3.8) is 0 Å². The monoisotopic (exact) mass is 1830 g/mol. The fourth-order valence-corrected chi connectivity index (χ4v) is 15.5. The summed E-state index contributed by atoms with van der Waals surface area (Å²) in [5.74, 6) is -2.05. The zero-order valence-electron chi connectivity index (χ0n) is 73.2. The molecule has 3 aliphatic rings. The molecule has 646 valence electrons. The van der Waals surface area contributed by atoms with E-state index in [1.165, 1.54) is 0 Å². The Balaban J connectivity index is 0.000000171. The van der Waals surface area contributed by atoms with Crippen LogP contribution in [0.3, 0.4) is 0 Å². The molecule has 6 N–H and O–H groups in total. The van der Waals surface area contributed by atoms with Crippen molar-refractivity contribution in [2.24, 2.45) is 17.2 Å². The van der Waals surface area contributed by atoms with Gasteiger partial charge in [-0.2, -0.15) is 0 Å². The number of nitrogens with two attached hydrogens (primary N) is 3. The number of thiazole rings is 2. The van der Waals surface area contributed by atoms with Crippen LogP contribution in [0, 0.1) is 20.8 Å². The van der Waals surface area contributed by atoms with Gasteiger partial charge >= 0.3 is 39.0 Å². The fraction of sp³-hybridized carbons (Fsp3) is 0.355. The zero-order chi connectivity index (χ0) is 89.7. The van der Waals surface area contributed by atoms with Gasteiger partial charge in [0.1, 0.15) is 0 Å². The molecule has 0 spiro atoms. The second-order valence-electron chi connectivity index (χ2n) is 32.9. The molecule has 14 rings (SSSR count). The molecule has 0 unspecified atom stereocenters. The molecule has 0 radical (unpaired) electrons. The Hall–Kier alpha value is -9.85. The van der Waals surface area contributed by atoms with Crippen LogP contribution in [0.15, 0.2) is 195 Å². The van der Waals surface area contributed by atoms with Gasteiger partial charge in [-0.1, -0.05) is 76.6 Å². The summed E-state index contributed by atoms with van der Waals surface area (Å²) in [7, 11) is -1.39. The van der Waals surface area contributed by atoms with Gasteiger partial charge in [-0.25, -0.2) is 0 Å². The molecule has 0 atom stereocenters. The number of esters is 3. The molecular formula is C93H109B3Br2N8O15S2. The highest BCUT2D eigenvalue weighted by Crippen LogP contribution is 2.44. The molecule has 0 aliphatic carbocycles. The first-order valence-corrected chi connectivity index (χ1v) is 44.2. The van der Waals surface area contributed by atoms with E-state index in [0.717, 1.165) is 109 Å². The lowest BCUT2D eigenvalue weighted by Gasteiger charge is -2.32. The van der Waals surface area contributed by atoms with E-state index in [9.17, 15) is 28.8 Å². The summed E-state index contributed by atoms with van der Waals surface area (Å²) in [5.41, 5.74) is 35.7. The molecular weight excluding hydrogens is 1730 g/mol. The number of nitrogens with zero attached hydrogens (tertiary/aromatic N) is 5. The number of aromatic nitrogens is 5. The Labute approximate surface area is 747 Å². The van der Waals surface area contributed by atoms with Gasteiger partial charge in [0, 0.05) is 61.5 Å². The number of carbonyl (C=O) groups is 6. The van der Waals surface area contributed by atoms with Crippen molar-refractivity contribution in [3.8, 4) is 61.3 Å². The summed E-state index contributed by atoms with van der Waals surface area (Å²) < 4.78 is 60.1. The Morgan fingerprint density at radius 1 is 0.390 bits per heavy atom. The molecule has 8 heterocycles. The second-order valence-corrected chi connectivity index (χ2v) is 36.9. The van der Waals surface area contributed by atoms with Gasteiger partial charge in [0.2, 0.25) is 17.7 Å². The van der Waals surface area contributed by atoms with Crippen LogP contribution in [0.25, 0.3) is 61.3 Å². The third kappa shape index (κ3) is 23.4. The molecule has 0 saturated carbocycles. The van der Waals surface area contributed by atoms with Crippen LogP contribution < -0.4 is 22.7 Å². The molecule has 0 bridgehead atoms. The highest BCUT2D eigenvalue weighted by molar-refractivity contribution is 9.11. The number of halogens is 2. The molecule has 23 nitrogen and oxygen atoms in total. The normalized spacial score (nSPS) is 15.4. The van der Waals surface area contributed by atoms with Crippen molar-refractivity contribution >= 4 is 117 Å². The Kier molecular flexibility index (Phi) is 31.7. The molecule has 3 saturated heterocycles. The maximum absolute atomic E-state index is 12.1. The number of rotatable bonds is 24. The average molecular weight is 1840 g/mol. The largest absolute Gasteiger partial charge is 0.494 e. The van der Waals surface area contributed by atoms with E-state index >= 15 is 0 Å². The maximum atomic E-state index is 12.1. The second kappa shape index (κ2) is 40.9. The minimum absolute atomic E-state index is 0.216. The van der Waals surface area contributed by atoms with Crippen molar-refractivity contribution in [3.05, 3.63) is 246 Å². The fourth-order valence-electron chi connectivity index (χ4n) is 13.9. The third-order valence-corrected chi connectivity index (χ3v) is 25.3. The van der Waals surface area contributed by atoms with Crippen molar-refractivity contribution in [1.29, 1.82) is 0 Å². The van der Waals surface area contributed by atoms with Crippen LogP contribution in [-0.2, 0) is 75.8 Å². The quantitative estimate of drug-likeness (QED) is 0.0288. The lowest BCUT2D eigenvalue weighted by atomic mass is 9.49. The lowest BCUT2D eigenvalue weighted by Crippen LogP contribution is -2.41. The predicted octanol–water partition coefficient (Wildman–Crippen LogP) is 18.5. The topological polar surface area (TPSA) is 304 Å². The third-order valence-electron chi connectivity index (χ3n) is 22.7. The van der Waals surface area contributed by atoms with Crippen LogP contribution in [0.5, 0.6) is 0 Å². The van der Waals surface area contributed by atoms with Crippen LogP contribution in [-0.4, -0.2) is 134 Å². The van der Waals surface area contributed by atoms with Gasteiger partial charge in [0.15, 0.2) is 0 Å². The van der Waals surface area contributed by atoms with Crippen molar-refractivity contribution in [2.75, 3.05) is 19.8 Å². The van der Waals surface area contributed by atoms with E-state index in [-0.39, 0.29) is 46.7 Å². The van der Waals surface area contributed by atoms with E-state index in [2.05, 4.69) is 98.0 Å². The molecule has 3 aliphatic heterocycles. The van der Waals surface area contributed by atoms with Crippen LogP contribution in [0.1, 0.15) is 188 Å². The summed E-state index contributed by atoms with van der Waals surface area (Å²) >= 11 is 9.90. The number of ether oxygens (including phenoxy) is 3. The number of amides is 3. The van der Waals surface area contributed by atoms with E-state index < -0.39 is 50.1 Å². The van der Waals surface area contributed by atoms with E-state index in [1.54, 1.807) is 91.6 Å². The minimum Gasteiger partial charge on any atom is -0.466 e. The first kappa shape index (κ1) is 95.4. The van der Waals surface area contributed by atoms with E-state index in [1.807, 2.05) is 200 Å². The van der Waals surface area contributed by atoms with Gasteiger partial charge < -0.3 is 73.0 Å². The first-order chi connectivity index (χ1) is 58.1. The molecule has 30 heteroatoms. The van der Waals surface area contributed by atoms with Crippen LogP contribution in [0.2, 0.25) is 0 Å². The average Bonchev–Trinajstić information content (AvgIpc) is 1.60. The van der Waals surface area contributed by atoms with Crippen LogP contribution >= 0.6 is 54.5 Å². The highest BCUT2D eigenvalue weighted by Gasteiger charge is 2.64. The zero-order valence-corrected chi connectivity index (χ0v) is 78.0. The van der Waals surface area contributed by atoms with Crippen molar-refractivity contribution in [1.82, 2.24) is 23.7 Å². The lowest BCUT2D eigenvalue weighted by molar-refractivity contribution is -0.144. The SMILES string of the molecule is Brc1cncs1.CC1(C)OB(B2OC(C)(C)C(C)(C)O2)OC1(C)C.CCOC(=O)CCc1ccc(-c2ccc(-c3cncs3)cc2)n1-c1ccc(C(N)=O)cc1C.CCOC(=O)CCc1ccc(-c2ccc(B3OC(C)(C)C(C)(C)O3)cc2)n1-c1ccc(C(N)=O)cc1C.CCOC(=O)CCc1ccc(-c2ccc(Br)cc2)n1-c1ccc(C(N)=O)cc1C. The van der Waals surface area contributed by atoms with Crippen LogP contribution in [0.4, 0.5) is 0 Å². The summed E-state index contributed by atoms with van der Waals surface area (Å²) in [6, 6.07) is 53.0. The van der Waals surface area contributed by atoms with Crippen molar-refractivity contribution < 1.29 is 70.9 Å². The van der Waals surface area contributed by atoms with Gasteiger partial charge in [0.05, 0.1) is 116 Å². The number of aryl methyl sites for hydroxylation is 6. The maximum Gasteiger partial charge on any atom is 0.494 e. The van der Waals surface area contributed by atoms with E-state index in [0.29, 0.717) is 68.6 Å². The summed E-state index contributed by atoms with van der Waals surface area (Å²) in [5, 5.41) is 0. The number of hydrogen-bond acceptors (Lipinski definition) is 19. The summed E-state index contributed by atoms with van der Waals surface area (Å²) in [6.45, 7) is 36.7. The smallest absolute Gasteiger partial charge is 0.466 e. The molecule has 5 aromatic heterocycles. The Morgan fingerprint density at radius 2 is 0.691 bits per heavy atom. The number of benzene rings is 6. The van der Waals surface area contributed by atoms with Gasteiger partial charge in [-0.15, -0.1) is 22.7 Å². The Bertz CT molecular complexity index is 5430. The van der Waals surface area contributed by atoms with Gasteiger partial charge in [-0.05, 0) is 307 Å². The Morgan fingerprint density at radius 3 is 0.967 bits per heavy atom. The van der Waals surface area contributed by atoms with Gasteiger partial charge in [0.25, 0.3) is 0 Å². The summed E-state index contributed by atoms with van der Waals surface area (Å²) in [4.78, 5) is 79.9. The standard InChI is InChI=1S/C29H35BN2O5.C26H25N3O3S.C23H23BrN2O3.C12H24B2O4.C3H2BrNS/c1-7-35-26(33)17-14-23-13-16-25(32(23)24-15-10-21(27(31)34)18-19(24)2)20-8-11-22(12-9-20)30-36-28(3,4)29(5,6)37-30;1-3-32-25(30)13-10-21-9-12-23(18-4-6-19(7-5-18)24-15-28-16-33-24)29(21)22-11-8-20(26(27)31)14-17(22)2;1-3-29-22(27)13-10-19-9-12-21(16-4-7-18(24)8-5-16)26(19)20-11-6-17(23(25)28)14-15(20)2;1-9(2)10(3,4)16-13(15-9)14-17-11(5,6)12(7,8)18-14;4-3-1-5-2-6-3/h8-13,15-16,18H,7,14,17H2,1-6H3,(H2,31,34);4-9,11-12,14-16H,3,10,13H2,1-2H3,(H2,27,31);4-9,11-12,14H,3,10,13H2,1-2H3,(H2,25,28);1-8H3;1-2H. The minimum atomic E-state index is -0.476. The number of hydrogen-bond donors (Lipinski definition) is 3. The van der Waals surface area contributed by atoms with Gasteiger partial charge in [-0.3, -0.25) is 38.7 Å². The molecule has 11 aromatic rings. The molecule has 3 amide bonds. The molecule has 123 heavy (non-hydrogen) atoms. The number of primary amides is 3. The highest BCUT2D eigenvalue weighted by atomic mass is 79.9. The molecule has 6 aromatic carbocycles. The first-order valence-electron chi connectivity index (χ1n) is 40.9. The predicted molar refractivity (Wildman–Crippen MR) is 495 cm³/mol. The van der Waals surface area contributed by atoms with E-state index in [4.69, 9.17) is 59.3 Å². The van der Waals surface area contributed by atoms with Crippen molar-refractivity contribution in [2.45, 2.75) is 197 Å². The summed E-state index contributed by atoms with van der Waals surface area (Å²) in [6.07, 6.45) is 6.10. The molecule has 3 fully saturated rings.